The Balaban J connectivity index is 2.10. The summed E-state index contributed by atoms with van der Waals surface area (Å²) >= 11 is 0. The van der Waals surface area contributed by atoms with Gasteiger partial charge >= 0.3 is 0 Å². The van der Waals surface area contributed by atoms with Gasteiger partial charge in [0.15, 0.2) is 0 Å². The highest BCUT2D eigenvalue weighted by atomic mass is 15.2. The number of hydrogen-bond acceptors (Lipinski definition) is 3. The normalized spacial score (nSPS) is 26.0. The first-order valence-corrected chi connectivity index (χ1v) is 8.32. The summed E-state index contributed by atoms with van der Waals surface area (Å²) in [4.78, 5) is 4.74. The zero-order valence-corrected chi connectivity index (χ0v) is 14.3. The largest absolute Gasteiger partial charge is 0.378 e. The Morgan fingerprint density at radius 3 is 2.71 bits per heavy atom. The zero-order chi connectivity index (χ0) is 15.4. The van der Waals surface area contributed by atoms with E-state index >= 15 is 0 Å². The van der Waals surface area contributed by atoms with E-state index in [1.807, 2.05) is 0 Å². The van der Waals surface area contributed by atoms with E-state index in [0.717, 1.165) is 13.1 Å². The third kappa shape index (κ3) is 3.70. The number of rotatable bonds is 5. The zero-order valence-electron chi connectivity index (χ0n) is 14.3. The second-order valence-corrected chi connectivity index (χ2v) is 6.56. The highest BCUT2D eigenvalue weighted by molar-refractivity contribution is 5.59. The first-order valence-electron chi connectivity index (χ1n) is 8.32. The van der Waals surface area contributed by atoms with Crippen LogP contribution in [-0.4, -0.2) is 39.3 Å². The highest BCUT2D eigenvalue weighted by Gasteiger charge is 2.32. The Bertz CT molecular complexity index is 444. The molecule has 3 unspecified atom stereocenters. The summed E-state index contributed by atoms with van der Waals surface area (Å²) in [5.74, 6) is 0.674. The molecule has 0 saturated carbocycles. The van der Waals surface area contributed by atoms with Gasteiger partial charge in [-0.2, -0.15) is 0 Å². The molecule has 1 aliphatic rings. The maximum atomic E-state index is 3.72. The Kier molecular flexibility index (Phi) is 5.51. The third-order valence-electron chi connectivity index (χ3n) is 4.90. The molecule has 1 aromatic rings. The summed E-state index contributed by atoms with van der Waals surface area (Å²) < 4.78 is 0. The van der Waals surface area contributed by atoms with E-state index in [-0.39, 0.29) is 0 Å². The summed E-state index contributed by atoms with van der Waals surface area (Å²) in [6.45, 7) is 9.28. The van der Waals surface area contributed by atoms with E-state index in [2.05, 4.69) is 74.2 Å². The van der Waals surface area contributed by atoms with Gasteiger partial charge in [0.05, 0.1) is 0 Å². The average Bonchev–Trinajstić information content (AvgIpc) is 2.49. The van der Waals surface area contributed by atoms with Gasteiger partial charge in [0.25, 0.3) is 0 Å². The Morgan fingerprint density at radius 1 is 1.29 bits per heavy atom. The molecule has 1 N–H and O–H groups in total. The Hall–Kier alpha value is -1.22. The van der Waals surface area contributed by atoms with Crippen LogP contribution in [0.4, 0.5) is 11.4 Å². The van der Waals surface area contributed by atoms with E-state index < -0.39 is 0 Å². The molecule has 0 spiro atoms. The van der Waals surface area contributed by atoms with E-state index in [4.69, 9.17) is 0 Å². The lowest BCUT2D eigenvalue weighted by atomic mass is 9.86. The highest BCUT2D eigenvalue weighted by Crippen LogP contribution is 2.30. The number of nitrogens with zero attached hydrogens (tertiary/aromatic N) is 2. The SMILES string of the molecule is CCCNC1CCN(c2cccc(N(C)C)c2)C(C)C1C. The molecule has 1 aliphatic heterocycles. The molecule has 1 heterocycles. The van der Waals surface area contributed by atoms with Crippen molar-refractivity contribution in [3.63, 3.8) is 0 Å². The van der Waals surface area contributed by atoms with Crippen LogP contribution in [0.5, 0.6) is 0 Å². The van der Waals surface area contributed by atoms with E-state index in [1.165, 1.54) is 24.2 Å². The van der Waals surface area contributed by atoms with Crippen LogP contribution >= 0.6 is 0 Å². The molecule has 1 saturated heterocycles. The fraction of sp³-hybridized carbons (Fsp3) is 0.667. The van der Waals surface area contributed by atoms with Gasteiger partial charge in [-0.25, -0.2) is 0 Å². The molecule has 1 fully saturated rings. The van der Waals surface area contributed by atoms with Crippen molar-refractivity contribution in [3.05, 3.63) is 24.3 Å². The number of anilines is 2. The van der Waals surface area contributed by atoms with E-state index in [9.17, 15) is 0 Å². The van der Waals surface area contributed by atoms with Crippen LogP contribution in [0, 0.1) is 5.92 Å². The van der Waals surface area contributed by atoms with Crippen molar-refractivity contribution < 1.29 is 0 Å². The molecule has 0 radical (unpaired) electrons. The molecule has 3 nitrogen and oxygen atoms in total. The number of hydrogen-bond donors (Lipinski definition) is 1. The summed E-state index contributed by atoms with van der Waals surface area (Å²) in [6.07, 6.45) is 2.45. The van der Waals surface area contributed by atoms with Gasteiger partial charge in [-0.15, -0.1) is 0 Å². The summed E-state index contributed by atoms with van der Waals surface area (Å²) in [5.41, 5.74) is 2.63. The Morgan fingerprint density at radius 2 is 2.05 bits per heavy atom. The minimum Gasteiger partial charge on any atom is -0.378 e. The Labute approximate surface area is 130 Å². The quantitative estimate of drug-likeness (QED) is 0.897. The first-order chi connectivity index (χ1) is 10.0. The summed E-state index contributed by atoms with van der Waals surface area (Å²) in [5, 5.41) is 3.72. The van der Waals surface area contributed by atoms with Crippen LogP contribution in [0.15, 0.2) is 24.3 Å². The molecule has 118 valence electrons. The second kappa shape index (κ2) is 7.17. The molecule has 0 bridgehead atoms. The third-order valence-corrected chi connectivity index (χ3v) is 4.90. The van der Waals surface area contributed by atoms with Gasteiger partial charge in [0.2, 0.25) is 0 Å². The van der Waals surface area contributed by atoms with E-state index in [1.54, 1.807) is 0 Å². The number of benzene rings is 1. The van der Waals surface area contributed by atoms with E-state index in [0.29, 0.717) is 18.0 Å². The van der Waals surface area contributed by atoms with Crippen molar-refractivity contribution in [2.45, 2.75) is 45.7 Å². The monoisotopic (exact) mass is 289 g/mol. The van der Waals surface area contributed by atoms with Crippen molar-refractivity contribution in [2.75, 3.05) is 37.0 Å². The minimum absolute atomic E-state index is 0.575. The molecule has 0 aromatic heterocycles. The maximum Gasteiger partial charge on any atom is 0.0389 e. The van der Waals surface area contributed by atoms with Crippen LogP contribution in [-0.2, 0) is 0 Å². The summed E-state index contributed by atoms with van der Waals surface area (Å²) in [7, 11) is 4.21. The number of piperidine rings is 1. The van der Waals surface area contributed by atoms with Gasteiger partial charge in [-0.3, -0.25) is 0 Å². The van der Waals surface area contributed by atoms with Crippen LogP contribution in [0.2, 0.25) is 0 Å². The number of nitrogens with one attached hydrogen (secondary N) is 1. The predicted octanol–water partition coefficient (Wildman–Crippen LogP) is 3.36. The fourth-order valence-electron chi connectivity index (χ4n) is 3.30. The van der Waals surface area contributed by atoms with Gasteiger partial charge in [-0.1, -0.05) is 19.9 Å². The molecule has 21 heavy (non-hydrogen) atoms. The lowest BCUT2D eigenvalue weighted by molar-refractivity contribution is 0.271. The van der Waals surface area contributed by atoms with Crippen LogP contribution in [0.1, 0.15) is 33.6 Å². The van der Waals surface area contributed by atoms with Crippen molar-refractivity contribution in [1.29, 1.82) is 0 Å². The molecule has 1 aromatic carbocycles. The lowest BCUT2D eigenvalue weighted by Crippen LogP contribution is -2.53. The fourth-order valence-corrected chi connectivity index (χ4v) is 3.30. The van der Waals surface area contributed by atoms with Gasteiger partial charge in [-0.05, 0) is 50.4 Å². The first kappa shape index (κ1) is 16.2. The van der Waals surface area contributed by atoms with Crippen molar-refractivity contribution >= 4 is 11.4 Å². The minimum atomic E-state index is 0.575. The predicted molar refractivity (Wildman–Crippen MR) is 93.4 cm³/mol. The smallest absolute Gasteiger partial charge is 0.0389 e. The van der Waals surface area contributed by atoms with Gasteiger partial charge < -0.3 is 15.1 Å². The maximum absolute atomic E-state index is 3.72. The standard InChI is InChI=1S/C18H31N3/c1-6-11-19-18-10-12-21(15(3)14(18)2)17-9-7-8-16(13-17)20(4)5/h7-9,13-15,18-19H,6,10-12H2,1-5H3. The molecule has 2 rings (SSSR count). The summed E-state index contributed by atoms with van der Waals surface area (Å²) in [6, 6.07) is 10.1. The molecular formula is C18H31N3. The molecular weight excluding hydrogens is 258 g/mol. The average molecular weight is 289 g/mol. The van der Waals surface area contributed by atoms with Crippen molar-refractivity contribution in [3.8, 4) is 0 Å². The van der Waals surface area contributed by atoms with Crippen LogP contribution < -0.4 is 15.1 Å². The van der Waals surface area contributed by atoms with Crippen molar-refractivity contribution in [2.24, 2.45) is 5.92 Å². The molecule has 0 aliphatic carbocycles. The molecule has 3 heteroatoms. The molecule has 3 atom stereocenters. The molecule has 0 amide bonds. The second-order valence-electron chi connectivity index (χ2n) is 6.56. The van der Waals surface area contributed by atoms with Gasteiger partial charge in [0.1, 0.15) is 0 Å². The van der Waals surface area contributed by atoms with Crippen LogP contribution in [0.25, 0.3) is 0 Å². The van der Waals surface area contributed by atoms with Crippen LogP contribution in [0.3, 0.4) is 0 Å². The lowest BCUT2D eigenvalue weighted by Gasteiger charge is -2.44. The van der Waals surface area contributed by atoms with Crippen molar-refractivity contribution in [1.82, 2.24) is 5.32 Å². The topological polar surface area (TPSA) is 18.5 Å². The van der Waals surface area contributed by atoms with Gasteiger partial charge in [0, 0.05) is 44.1 Å².